The van der Waals surface area contributed by atoms with Crippen LogP contribution in [0.4, 0.5) is 0 Å². The molecule has 0 aliphatic heterocycles. The van der Waals surface area contributed by atoms with Crippen LogP contribution in [0.2, 0.25) is 0 Å². The minimum Gasteiger partial charge on any atom is -0.468 e. The second-order valence-electron chi connectivity index (χ2n) is 4.36. The van der Waals surface area contributed by atoms with Crippen LogP contribution in [0.5, 0.6) is 0 Å². The van der Waals surface area contributed by atoms with Gasteiger partial charge in [-0.2, -0.15) is 0 Å². The van der Waals surface area contributed by atoms with Crippen molar-refractivity contribution in [1.82, 2.24) is 9.80 Å². The van der Waals surface area contributed by atoms with E-state index in [1.807, 2.05) is 23.9 Å². The average Bonchev–Trinajstić information content (AvgIpc) is 2.40. The number of likely N-dealkylation sites (N-methyl/N-ethyl adjacent to an activating group) is 2. The number of methoxy groups -OCH3 is 2. The lowest BCUT2D eigenvalue weighted by atomic mass is 10.2. The molecule has 18 heavy (non-hydrogen) atoms. The standard InChI is InChI=1S/C12H24N2O4/c1-9(11(15)17-5)13(3)7-8-14(4)10(2)12(16)18-6/h9-10H,7-8H2,1-6H3/t9-,10-/m1/s1. The highest BCUT2D eigenvalue weighted by molar-refractivity contribution is 5.75. The van der Waals surface area contributed by atoms with E-state index < -0.39 is 0 Å². The number of carbonyl (C=O) groups excluding carboxylic acids is 2. The maximum atomic E-state index is 11.3. The number of carbonyl (C=O) groups is 2. The molecule has 0 heterocycles. The van der Waals surface area contributed by atoms with Crippen molar-refractivity contribution in [3.8, 4) is 0 Å². The lowest BCUT2D eigenvalue weighted by Crippen LogP contribution is -2.44. The first kappa shape index (κ1) is 16.9. The maximum absolute atomic E-state index is 11.3. The van der Waals surface area contributed by atoms with Gasteiger partial charge in [0.2, 0.25) is 0 Å². The van der Waals surface area contributed by atoms with Gasteiger partial charge in [0.1, 0.15) is 12.1 Å². The first-order valence-electron chi connectivity index (χ1n) is 5.91. The highest BCUT2D eigenvalue weighted by atomic mass is 16.5. The van der Waals surface area contributed by atoms with E-state index in [9.17, 15) is 9.59 Å². The van der Waals surface area contributed by atoms with E-state index in [4.69, 9.17) is 0 Å². The van der Waals surface area contributed by atoms with Crippen LogP contribution < -0.4 is 0 Å². The third-order valence-electron chi connectivity index (χ3n) is 3.21. The van der Waals surface area contributed by atoms with Crippen LogP contribution in [-0.2, 0) is 19.1 Å². The Morgan fingerprint density at radius 1 is 0.889 bits per heavy atom. The molecule has 0 amide bonds. The molecule has 0 saturated carbocycles. The zero-order valence-electron chi connectivity index (χ0n) is 12.1. The highest BCUT2D eigenvalue weighted by Gasteiger charge is 2.21. The van der Waals surface area contributed by atoms with Gasteiger partial charge in [0.05, 0.1) is 14.2 Å². The van der Waals surface area contributed by atoms with Gasteiger partial charge >= 0.3 is 11.9 Å². The predicted octanol–water partition coefficient (Wildman–Crippen LogP) is -0.0270. The number of hydrogen-bond acceptors (Lipinski definition) is 6. The molecule has 0 aliphatic rings. The van der Waals surface area contributed by atoms with Crippen LogP contribution in [0.15, 0.2) is 0 Å². The summed E-state index contributed by atoms with van der Waals surface area (Å²) in [6.45, 7) is 4.90. The molecular weight excluding hydrogens is 236 g/mol. The molecule has 2 atom stereocenters. The van der Waals surface area contributed by atoms with E-state index >= 15 is 0 Å². The molecule has 0 aliphatic carbocycles. The first-order chi connectivity index (χ1) is 8.34. The zero-order valence-corrected chi connectivity index (χ0v) is 12.1. The van der Waals surface area contributed by atoms with Crippen LogP contribution in [0, 0.1) is 0 Å². The number of rotatable bonds is 7. The quantitative estimate of drug-likeness (QED) is 0.599. The molecule has 0 saturated heterocycles. The van der Waals surface area contributed by atoms with Crippen LogP contribution in [0.1, 0.15) is 13.8 Å². The molecule has 0 N–H and O–H groups in total. The van der Waals surface area contributed by atoms with Crippen LogP contribution >= 0.6 is 0 Å². The van der Waals surface area contributed by atoms with Gasteiger partial charge in [-0.3, -0.25) is 19.4 Å². The minimum absolute atomic E-state index is 0.263. The van der Waals surface area contributed by atoms with Crippen LogP contribution in [-0.4, -0.2) is 75.2 Å². The van der Waals surface area contributed by atoms with Crippen LogP contribution in [0.3, 0.4) is 0 Å². The Morgan fingerprint density at radius 3 is 1.39 bits per heavy atom. The van der Waals surface area contributed by atoms with Gasteiger partial charge in [-0.25, -0.2) is 0 Å². The van der Waals surface area contributed by atoms with Crippen molar-refractivity contribution in [3.05, 3.63) is 0 Å². The number of esters is 2. The number of ether oxygens (including phenoxy) is 2. The Kier molecular flexibility index (Phi) is 7.54. The molecule has 0 bridgehead atoms. The number of hydrogen-bond donors (Lipinski definition) is 0. The molecule has 0 aromatic rings. The number of nitrogens with zero attached hydrogens (tertiary/aromatic N) is 2. The monoisotopic (exact) mass is 260 g/mol. The summed E-state index contributed by atoms with van der Waals surface area (Å²) in [7, 11) is 6.44. The summed E-state index contributed by atoms with van der Waals surface area (Å²) in [6, 6.07) is -0.589. The summed E-state index contributed by atoms with van der Waals surface area (Å²) in [4.78, 5) is 26.4. The van der Waals surface area contributed by atoms with Crippen molar-refractivity contribution in [2.75, 3.05) is 41.4 Å². The normalized spacial score (nSPS) is 14.4. The van der Waals surface area contributed by atoms with Crippen molar-refractivity contribution in [2.24, 2.45) is 0 Å². The van der Waals surface area contributed by atoms with E-state index in [0.29, 0.717) is 13.1 Å². The third kappa shape index (κ3) is 5.01. The largest absolute Gasteiger partial charge is 0.468 e. The predicted molar refractivity (Wildman–Crippen MR) is 68.2 cm³/mol. The van der Waals surface area contributed by atoms with Gasteiger partial charge in [-0.05, 0) is 27.9 Å². The van der Waals surface area contributed by atoms with E-state index in [2.05, 4.69) is 9.47 Å². The summed E-state index contributed by atoms with van der Waals surface area (Å²) >= 11 is 0. The van der Waals surface area contributed by atoms with Gasteiger partial charge in [-0.15, -0.1) is 0 Å². The molecule has 6 heteroatoms. The smallest absolute Gasteiger partial charge is 0.322 e. The summed E-state index contributed by atoms with van der Waals surface area (Å²) < 4.78 is 9.35. The second-order valence-corrected chi connectivity index (χ2v) is 4.36. The fourth-order valence-corrected chi connectivity index (χ4v) is 1.40. The van der Waals surface area contributed by atoms with E-state index in [-0.39, 0.29) is 24.0 Å². The lowest BCUT2D eigenvalue weighted by molar-refractivity contribution is -0.147. The van der Waals surface area contributed by atoms with Gasteiger partial charge < -0.3 is 9.47 Å². The van der Waals surface area contributed by atoms with Crippen LogP contribution in [0.25, 0.3) is 0 Å². The van der Waals surface area contributed by atoms with Crippen molar-refractivity contribution >= 4 is 11.9 Å². The molecule has 0 spiro atoms. The van der Waals surface area contributed by atoms with Gasteiger partial charge in [0, 0.05) is 13.1 Å². The Labute approximate surface area is 109 Å². The first-order valence-corrected chi connectivity index (χ1v) is 5.91. The van der Waals surface area contributed by atoms with E-state index in [1.165, 1.54) is 14.2 Å². The molecule has 0 aromatic carbocycles. The lowest BCUT2D eigenvalue weighted by Gasteiger charge is -2.27. The van der Waals surface area contributed by atoms with E-state index in [1.54, 1.807) is 13.8 Å². The minimum atomic E-state index is -0.295. The Hall–Kier alpha value is -1.14. The van der Waals surface area contributed by atoms with Crippen molar-refractivity contribution < 1.29 is 19.1 Å². The Bertz CT molecular complexity index is 255. The summed E-state index contributed by atoms with van der Waals surface area (Å²) in [5.41, 5.74) is 0. The molecule has 0 radical (unpaired) electrons. The molecule has 0 aromatic heterocycles. The summed E-state index contributed by atoms with van der Waals surface area (Å²) in [5.74, 6) is -0.526. The molecule has 106 valence electrons. The summed E-state index contributed by atoms with van der Waals surface area (Å²) in [6.07, 6.45) is 0. The fraction of sp³-hybridized carbons (Fsp3) is 0.833. The molecule has 6 nitrogen and oxygen atoms in total. The Balaban J connectivity index is 4.16. The maximum Gasteiger partial charge on any atom is 0.322 e. The zero-order chi connectivity index (χ0) is 14.3. The van der Waals surface area contributed by atoms with Gasteiger partial charge in [0.15, 0.2) is 0 Å². The van der Waals surface area contributed by atoms with Crippen molar-refractivity contribution in [2.45, 2.75) is 25.9 Å². The molecule has 0 unspecified atom stereocenters. The fourth-order valence-electron chi connectivity index (χ4n) is 1.40. The summed E-state index contributed by atoms with van der Waals surface area (Å²) in [5, 5.41) is 0. The SMILES string of the molecule is COC(=O)[C@@H](C)N(C)CCN(C)[C@H](C)C(=O)OC. The van der Waals surface area contributed by atoms with Gasteiger partial charge in [-0.1, -0.05) is 0 Å². The van der Waals surface area contributed by atoms with Gasteiger partial charge in [0.25, 0.3) is 0 Å². The Morgan fingerprint density at radius 2 is 1.17 bits per heavy atom. The topological polar surface area (TPSA) is 59.1 Å². The van der Waals surface area contributed by atoms with E-state index in [0.717, 1.165) is 0 Å². The second kappa shape index (κ2) is 8.05. The van der Waals surface area contributed by atoms with Crippen molar-refractivity contribution in [3.63, 3.8) is 0 Å². The highest BCUT2D eigenvalue weighted by Crippen LogP contribution is 2.01. The third-order valence-corrected chi connectivity index (χ3v) is 3.21. The van der Waals surface area contributed by atoms with Crippen molar-refractivity contribution in [1.29, 1.82) is 0 Å². The average molecular weight is 260 g/mol. The molecule has 0 fully saturated rings. The molecule has 0 rings (SSSR count). The molecular formula is C12H24N2O4.